The quantitative estimate of drug-likeness (QED) is 0.779. The summed E-state index contributed by atoms with van der Waals surface area (Å²) in [6, 6.07) is 4.40. The fourth-order valence-corrected chi connectivity index (χ4v) is 2.30. The first-order valence-electron chi connectivity index (χ1n) is 5.78. The van der Waals surface area contributed by atoms with Crippen LogP contribution in [-0.4, -0.2) is 21.9 Å². The Kier molecular flexibility index (Phi) is 3.00. The van der Waals surface area contributed by atoms with Gasteiger partial charge in [-0.1, -0.05) is 12.8 Å². The van der Waals surface area contributed by atoms with E-state index in [-0.39, 0.29) is 12.1 Å². The lowest BCUT2D eigenvalue weighted by molar-refractivity contribution is 0.111. The van der Waals surface area contributed by atoms with Crippen LogP contribution in [0, 0.1) is 13.8 Å². The minimum absolute atomic E-state index is 0.194. The number of nitrogens with one attached hydrogen (secondary N) is 1. The van der Waals surface area contributed by atoms with Crippen LogP contribution >= 0.6 is 0 Å². The van der Waals surface area contributed by atoms with E-state index in [0.717, 1.165) is 19.3 Å². The third-order valence-corrected chi connectivity index (χ3v) is 3.30. The van der Waals surface area contributed by atoms with E-state index in [0.29, 0.717) is 0 Å². The Bertz CT molecular complexity index is 313. The van der Waals surface area contributed by atoms with Gasteiger partial charge in [0.25, 0.3) is 0 Å². The van der Waals surface area contributed by atoms with Gasteiger partial charge in [-0.15, -0.1) is 0 Å². The molecule has 84 valence electrons. The van der Waals surface area contributed by atoms with Crippen molar-refractivity contribution in [1.29, 1.82) is 0 Å². The van der Waals surface area contributed by atoms with Gasteiger partial charge in [0.1, 0.15) is 0 Å². The van der Waals surface area contributed by atoms with Crippen LogP contribution in [0.4, 0.5) is 0 Å². The standard InChI is InChI=1S/C12H20N2O/c1-9-7-8-10(2)14(9)13-11-5-3-4-6-12(11)15/h7-8,11-13,15H,3-6H2,1-2H3/t11-,12-/m1/s1. The lowest BCUT2D eigenvalue weighted by Crippen LogP contribution is -2.41. The smallest absolute Gasteiger partial charge is 0.0756 e. The largest absolute Gasteiger partial charge is 0.391 e. The van der Waals surface area contributed by atoms with E-state index in [1.807, 2.05) is 0 Å². The molecule has 2 atom stereocenters. The average molecular weight is 208 g/mol. The maximum Gasteiger partial charge on any atom is 0.0756 e. The first kappa shape index (κ1) is 10.6. The number of aryl methyl sites for hydroxylation is 2. The Morgan fingerprint density at radius 3 is 2.40 bits per heavy atom. The van der Waals surface area contributed by atoms with Crippen molar-refractivity contribution in [2.24, 2.45) is 0 Å². The Morgan fingerprint density at radius 1 is 1.20 bits per heavy atom. The van der Waals surface area contributed by atoms with Gasteiger partial charge >= 0.3 is 0 Å². The van der Waals surface area contributed by atoms with Gasteiger partial charge in [-0.25, -0.2) is 0 Å². The van der Waals surface area contributed by atoms with Gasteiger partial charge in [-0.05, 0) is 38.8 Å². The molecule has 0 saturated heterocycles. The number of aliphatic hydroxyl groups is 1. The van der Waals surface area contributed by atoms with Gasteiger partial charge in [0.05, 0.1) is 12.1 Å². The molecule has 1 aromatic rings. The summed E-state index contributed by atoms with van der Waals surface area (Å²) in [7, 11) is 0. The normalized spacial score (nSPS) is 26.6. The third-order valence-electron chi connectivity index (χ3n) is 3.30. The summed E-state index contributed by atoms with van der Waals surface area (Å²) < 4.78 is 2.08. The van der Waals surface area contributed by atoms with Crippen LogP contribution < -0.4 is 5.43 Å². The summed E-state index contributed by atoms with van der Waals surface area (Å²) in [5, 5.41) is 9.87. The van der Waals surface area contributed by atoms with Gasteiger partial charge in [-0.3, -0.25) is 4.68 Å². The van der Waals surface area contributed by atoms with Crippen molar-refractivity contribution in [2.45, 2.75) is 51.7 Å². The van der Waals surface area contributed by atoms with Crippen LogP contribution in [0.1, 0.15) is 37.1 Å². The molecule has 3 heteroatoms. The molecule has 3 nitrogen and oxygen atoms in total. The maximum absolute atomic E-state index is 9.87. The van der Waals surface area contributed by atoms with E-state index in [1.165, 1.54) is 17.8 Å². The lowest BCUT2D eigenvalue weighted by Gasteiger charge is -2.30. The van der Waals surface area contributed by atoms with E-state index >= 15 is 0 Å². The average Bonchev–Trinajstić information content (AvgIpc) is 2.53. The van der Waals surface area contributed by atoms with E-state index in [1.54, 1.807) is 0 Å². The first-order chi connectivity index (χ1) is 7.18. The topological polar surface area (TPSA) is 37.2 Å². The minimum Gasteiger partial charge on any atom is -0.391 e. The molecule has 1 fully saturated rings. The molecule has 1 aliphatic rings. The number of aliphatic hydroxyl groups excluding tert-OH is 1. The van der Waals surface area contributed by atoms with Gasteiger partial charge in [-0.2, -0.15) is 0 Å². The highest BCUT2D eigenvalue weighted by molar-refractivity contribution is 5.16. The summed E-state index contributed by atoms with van der Waals surface area (Å²) in [5.41, 5.74) is 5.81. The summed E-state index contributed by atoms with van der Waals surface area (Å²) in [4.78, 5) is 0. The molecule has 1 aliphatic carbocycles. The highest BCUT2D eigenvalue weighted by atomic mass is 16.3. The second-order valence-corrected chi connectivity index (χ2v) is 4.54. The first-order valence-corrected chi connectivity index (χ1v) is 5.78. The molecular formula is C12H20N2O. The lowest BCUT2D eigenvalue weighted by atomic mass is 9.93. The molecule has 0 amide bonds. The van der Waals surface area contributed by atoms with E-state index in [9.17, 15) is 5.11 Å². The highest BCUT2D eigenvalue weighted by Crippen LogP contribution is 2.20. The van der Waals surface area contributed by atoms with Crippen molar-refractivity contribution in [3.8, 4) is 0 Å². The summed E-state index contributed by atoms with van der Waals surface area (Å²) in [6.45, 7) is 4.16. The maximum atomic E-state index is 9.87. The van der Waals surface area contributed by atoms with Crippen LogP contribution in [0.25, 0.3) is 0 Å². The van der Waals surface area contributed by atoms with Crippen LogP contribution in [0.15, 0.2) is 12.1 Å². The molecule has 0 bridgehead atoms. The van der Waals surface area contributed by atoms with Crippen LogP contribution in [0.5, 0.6) is 0 Å². The molecule has 2 rings (SSSR count). The third kappa shape index (κ3) is 2.17. The highest BCUT2D eigenvalue weighted by Gasteiger charge is 2.23. The zero-order chi connectivity index (χ0) is 10.8. The van der Waals surface area contributed by atoms with Crippen molar-refractivity contribution < 1.29 is 5.11 Å². The monoisotopic (exact) mass is 208 g/mol. The van der Waals surface area contributed by atoms with E-state index in [2.05, 4.69) is 36.1 Å². The Hall–Kier alpha value is -0.960. The van der Waals surface area contributed by atoms with Gasteiger partial charge in [0.15, 0.2) is 0 Å². The number of hydrogen-bond acceptors (Lipinski definition) is 2. The van der Waals surface area contributed by atoms with Crippen LogP contribution in [0.3, 0.4) is 0 Å². The number of nitrogens with zero attached hydrogens (tertiary/aromatic N) is 1. The summed E-state index contributed by atoms with van der Waals surface area (Å²) in [6.07, 6.45) is 4.17. The predicted octanol–water partition coefficient (Wildman–Crippen LogP) is 1.95. The van der Waals surface area contributed by atoms with Crippen molar-refractivity contribution in [3.63, 3.8) is 0 Å². The molecule has 0 aromatic carbocycles. The van der Waals surface area contributed by atoms with Gasteiger partial charge < -0.3 is 10.5 Å². The van der Waals surface area contributed by atoms with Crippen molar-refractivity contribution >= 4 is 0 Å². The molecule has 0 spiro atoms. The van der Waals surface area contributed by atoms with E-state index in [4.69, 9.17) is 0 Å². The molecule has 2 N–H and O–H groups in total. The molecular weight excluding hydrogens is 188 g/mol. The number of rotatable bonds is 2. The Balaban J connectivity index is 2.07. The second-order valence-electron chi connectivity index (χ2n) is 4.54. The summed E-state index contributed by atoms with van der Waals surface area (Å²) >= 11 is 0. The van der Waals surface area contributed by atoms with Crippen molar-refractivity contribution in [1.82, 2.24) is 4.68 Å². The van der Waals surface area contributed by atoms with Crippen LogP contribution in [0.2, 0.25) is 0 Å². The molecule has 0 radical (unpaired) electrons. The van der Waals surface area contributed by atoms with Gasteiger partial charge in [0, 0.05) is 11.4 Å². The fraction of sp³-hybridized carbons (Fsp3) is 0.667. The molecule has 1 heterocycles. The second kappa shape index (κ2) is 4.27. The zero-order valence-corrected chi connectivity index (χ0v) is 9.53. The van der Waals surface area contributed by atoms with E-state index < -0.39 is 0 Å². The van der Waals surface area contributed by atoms with Crippen LogP contribution in [-0.2, 0) is 0 Å². The molecule has 15 heavy (non-hydrogen) atoms. The minimum atomic E-state index is -0.194. The van der Waals surface area contributed by atoms with Crippen molar-refractivity contribution in [2.75, 3.05) is 5.43 Å². The fourth-order valence-electron chi connectivity index (χ4n) is 2.30. The molecule has 0 aliphatic heterocycles. The van der Waals surface area contributed by atoms with Crippen molar-refractivity contribution in [3.05, 3.63) is 23.5 Å². The zero-order valence-electron chi connectivity index (χ0n) is 9.53. The molecule has 1 aromatic heterocycles. The number of hydrogen-bond donors (Lipinski definition) is 2. The molecule has 0 unspecified atom stereocenters. The number of aromatic nitrogens is 1. The SMILES string of the molecule is Cc1ccc(C)n1N[C@@H]1CCCC[C@H]1O. The molecule has 1 saturated carbocycles. The van der Waals surface area contributed by atoms with Gasteiger partial charge in [0.2, 0.25) is 0 Å². The Morgan fingerprint density at radius 2 is 1.80 bits per heavy atom. The Labute approximate surface area is 91.1 Å². The summed E-state index contributed by atoms with van der Waals surface area (Å²) in [5.74, 6) is 0. The predicted molar refractivity (Wildman–Crippen MR) is 61.5 cm³/mol.